The highest BCUT2D eigenvalue weighted by molar-refractivity contribution is 6.33. The number of nitrogens with zero attached hydrogens (tertiary/aromatic N) is 24. The highest BCUT2D eigenvalue weighted by Gasteiger charge is 2.28. The summed E-state index contributed by atoms with van der Waals surface area (Å²) >= 11 is 30.6. The van der Waals surface area contributed by atoms with Crippen LogP contribution in [0.1, 0.15) is 163 Å². The van der Waals surface area contributed by atoms with Crippen molar-refractivity contribution in [2.24, 2.45) is 28.2 Å². The Morgan fingerprint density at radius 1 is 0.336 bits per heavy atom. The summed E-state index contributed by atoms with van der Waals surface area (Å²) in [6, 6.07) is 26.3. The van der Waals surface area contributed by atoms with Gasteiger partial charge in [0.25, 0.3) is 22.2 Å². The standard InChI is InChI=1S/3C24H25ClN6O3.C19H19ClN4O3.C5H7ClN2/c3*1-14-12-27-18(17-6-8-26-23(28-17)24(3,4)33)11-19(14)31-15(2)10-20(21(25)22(31)32)34-13-16-7-9-30(5)29-16;1-10-9-22-13(12-5-6-21-18(23-12)19(3,4)27)8-14(10)24-11(2)7-15(25)16(20)17(24)26;1-8-3-2-5(4-6)7-8/h3*6-12,33H,13H2,1-5H3;5-9,25,27H,1-4H3;2-3H,4H2,1H3/i4*3D3;. The minimum atomic E-state index is -2.74. The van der Waals surface area contributed by atoms with Gasteiger partial charge in [0.2, 0.25) is 0 Å². The van der Waals surface area contributed by atoms with Crippen LogP contribution in [0.4, 0.5) is 0 Å². The van der Waals surface area contributed by atoms with Crippen molar-refractivity contribution < 1.29 is 56.2 Å². The molecule has 0 amide bonds. The summed E-state index contributed by atoms with van der Waals surface area (Å²) in [4.78, 5) is 103. The van der Waals surface area contributed by atoms with Crippen molar-refractivity contribution in [3.8, 4) is 91.3 Å². The molecule has 0 aliphatic rings. The Morgan fingerprint density at radius 2 is 0.569 bits per heavy atom. The van der Waals surface area contributed by atoms with Gasteiger partial charge >= 0.3 is 0 Å². The molecule has 4 unspecified atom stereocenters. The number of halogens is 5. The third-order valence-electron chi connectivity index (χ3n) is 20.2. The summed E-state index contributed by atoms with van der Waals surface area (Å²) < 4.78 is 121. The summed E-state index contributed by atoms with van der Waals surface area (Å²) in [5.41, 5.74) is 1.30. The van der Waals surface area contributed by atoms with E-state index in [0.717, 1.165) is 33.4 Å². The minimum Gasteiger partial charge on any atom is -0.506 e. The van der Waals surface area contributed by atoms with Crippen LogP contribution in [0.5, 0.6) is 23.0 Å². The van der Waals surface area contributed by atoms with Gasteiger partial charge in [-0.2, -0.15) is 20.4 Å². The van der Waals surface area contributed by atoms with Gasteiger partial charge in [0.15, 0.2) is 23.3 Å². The predicted octanol–water partition coefficient (Wildman–Crippen LogP) is 14.6. The zero-order valence-electron chi connectivity index (χ0n) is 88.7. The fourth-order valence-electron chi connectivity index (χ4n) is 13.4. The molecular formula is C96H101Cl5N24O12. The molecule has 4 atom stereocenters. The first kappa shape index (κ1) is 85.9. The second-order valence-electron chi connectivity index (χ2n) is 32.1. The van der Waals surface area contributed by atoms with Crippen molar-refractivity contribution >= 4 is 58.0 Å². The Morgan fingerprint density at radius 3 is 0.788 bits per heavy atom. The number of aromatic nitrogens is 24. The number of hydrogen-bond acceptors (Lipinski definition) is 28. The SMILES string of the molecule is Cn1ccc(CCl)n1.[2H]C([2H])([2H])C(C)(O)c1nccc(-c2cc(-n3c(C)cc(O)c(Cl)c3=O)c(C)cn2)n1.[2H]C([2H])([2H])C(C)(O)c1nccc(-c2cc(-n3c(C)cc(OCc4ccn(C)n4)c(Cl)c3=O)c(C)cn2)n1.[2H]C([2H])([2H])C(C)(O)c1nccc(-c2cc(-n3c(C)cc(OCc4ccn(C)n4)c(Cl)c3=O)c(C)cn2)n1.[2H]C([2H])([2H])C(C)(O)c1nccc(-c2cc(-n3c(C)cc(OCc4ccn(C)n4)c(Cl)c3=O)c(C)cn2)n1. The van der Waals surface area contributed by atoms with Crippen molar-refractivity contribution in [3.63, 3.8) is 0 Å². The molecule has 16 rings (SSSR count). The number of rotatable bonds is 22. The Labute approximate surface area is 829 Å². The molecule has 36 nitrogen and oxygen atoms in total. The van der Waals surface area contributed by atoms with E-state index in [-0.39, 0.29) is 109 Å². The van der Waals surface area contributed by atoms with Gasteiger partial charge in [0, 0.05) is 166 Å². The molecule has 16 heterocycles. The average molecular weight is 1970 g/mol. The molecule has 5 N–H and O–H groups in total. The van der Waals surface area contributed by atoms with Crippen LogP contribution in [0.2, 0.25) is 20.1 Å². The maximum atomic E-state index is 13.3. The molecule has 0 saturated carbocycles. The Hall–Kier alpha value is -14.0. The zero-order chi connectivity index (χ0) is 110. The number of aliphatic hydroxyl groups is 4. The van der Waals surface area contributed by atoms with Crippen LogP contribution < -0.4 is 36.4 Å². The maximum Gasteiger partial charge on any atom is 0.277 e. The van der Waals surface area contributed by atoms with E-state index in [1.165, 1.54) is 79.6 Å². The van der Waals surface area contributed by atoms with Crippen LogP contribution in [0.3, 0.4) is 0 Å². The van der Waals surface area contributed by atoms with Gasteiger partial charge in [-0.15, -0.1) is 11.6 Å². The van der Waals surface area contributed by atoms with Crippen LogP contribution in [-0.2, 0) is 76.3 Å². The van der Waals surface area contributed by atoms with E-state index in [1.54, 1.807) is 193 Å². The Balaban J connectivity index is 0.000000172. The summed E-state index contributed by atoms with van der Waals surface area (Å²) in [6.07, 6.45) is 18.9. The van der Waals surface area contributed by atoms with Crippen molar-refractivity contribution in [2.45, 2.75) is 159 Å². The number of alkyl halides is 1. The first-order chi connectivity index (χ1) is 69.5. The molecule has 16 aromatic rings. The van der Waals surface area contributed by atoms with Gasteiger partial charge in [-0.05, 0) is 206 Å². The van der Waals surface area contributed by atoms with E-state index >= 15 is 0 Å². The van der Waals surface area contributed by atoms with Crippen LogP contribution >= 0.6 is 58.0 Å². The fourth-order valence-corrected chi connectivity index (χ4v) is 14.2. The lowest BCUT2D eigenvalue weighted by Crippen LogP contribution is -2.23. The van der Waals surface area contributed by atoms with Gasteiger partial charge in [0.1, 0.15) is 85.3 Å². The van der Waals surface area contributed by atoms with Crippen molar-refractivity contribution in [3.05, 3.63) is 324 Å². The molecule has 16 aromatic heterocycles. The summed E-state index contributed by atoms with van der Waals surface area (Å²) in [6.45, 7) is 8.07. The monoisotopic (exact) mass is 1970 g/mol. The van der Waals surface area contributed by atoms with Gasteiger partial charge in [-0.25, -0.2) is 39.9 Å². The number of aryl methyl sites for hydroxylation is 12. The lowest BCUT2D eigenvalue weighted by atomic mass is 10.1. The van der Waals surface area contributed by atoms with E-state index in [9.17, 15) is 44.7 Å². The normalized spacial score (nSPS) is 14.6. The quantitative estimate of drug-likeness (QED) is 0.0393. The molecular weight excluding hydrogens is 1860 g/mol. The summed E-state index contributed by atoms with van der Waals surface area (Å²) in [7, 11) is 7.26. The van der Waals surface area contributed by atoms with Crippen LogP contribution in [0.25, 0.3) is 68.3 Å². The third kappa shape index (κ3) is 24.7. The van der Waals surface area contributed by atoms with E-state index in [2.05, 4.69) is 80.2 Å². The second kappa shape index (κ2) is 42.5. The topological polar surface area (TPSA) is 443 Å². The van der Waals surface area contributed by atoms with Crippen molar-refractivity contribution in [2.75, 3.05) is 0 Å². The number of ether oxygens (including phenoxy) is 3. The van der Waals surface area contributed by atoms with E-state index in [0.29, 0.717) is 114 Å². The van der Waals surface area contributed by atoms with Crippen LogP contribution in [0.15, 0.2) is 191 Å². The molecule has 0 aliphatic heterocycles. The number of aromatic hydroxyl groups is 1. The second-order valence-corrected chi connectivity index (χ2v) is 33.9. The van der Waals surface area contributed by atoms with E-state index in [4.69, 9.17) is 88.7 Å². The molecule has 712 valence electrons. The van der Waals surface area contributed by atoms with Gasteiger partial charge in [-0.1, -0.05) is 46.4 Å². The molecule has 0 aliphatic carbocycles. The van der Waals surface area contributed by atoms with Gasteiger partial charge < -0.3 is 39.7 Å². The molecule has 0 saturated heterocycles. The summed E-state index contributed by atoms with van der Waals surface area (Å²) in [5.74, 6) is -0.152. The first-order valence-corrected chi connectivity index (χ1v) is 43.5. The van der Waals surface area contributed by atoms with Gasteiger partial charge in [-0.3, -0.25) is 76.1 Å². The average Bonchev–Trinajstić information content (AvgIpc) is 0.799. The molecule has 41 heteroatoms. The number of pyridine rings is 8. The van der Waals surface area contributed by atoms with E-state index in [1.807, 2.05) is 19.3 Å². The minimum absolute atomic E-state index is 0.0858. The lowest BCUT2D eigenvalue weighted by Gasteiger charge is -2.17. The maximum absolute atomic E-state index is 13.3. The van der Waals surface area contributed by atoms with Crippen molar-refractivity contribution in [1.29, 1.82) is 0 Å². The predicted molar refractivity (Wildman–Crippen MR) is 519 cm³/mol. The van der Waals surface area contributed by atoms with Crippen LogP contribution in [-0.4, -0.2) is 143 Å². The fraction of sp³-hybridized carbons (Fsp3) is 0.292. The molecule has 0 fully saturated rings. The lowest BCUT2D eigenvalue weighted by molar-refractivity contribution is 0.0683. The molecule has 0 aromatic carbocycles. The van der Waals surface area contributed by atoms with Crippen molar-refractivity contribution in [1.82, 2.24) is 117 Å². The molecule has 0 radical (unpaired) electrons. The number of hydrogen-bond donors (Lipinski definition) is 5. The third-order valence-corrected chi connectivity index (χ3v) is 21.9. The highest BCUT2D eigenvalue weighted by Crippen LogP contribution is 2.35. The van der Waals surface area contributed by atoms with Crippen LogP contribution in [0, 0.1) is 55.4 Å². The van der Waals surface area contributed by atoms with E-state index < -0.39 is 72.0 Å². The molecule has 0 spiro atoms. The summed E-state index contributed by atoms with van der Waals surface area (Å²) in [5, 5.41) is 68.0. The Kier molecular flexibility index (Phi) is 26.7. The molecule has 137 heavy (non-hydrogen) atoms. The first-order valence-electron chi connectivity index (χ1n) is 47.4. The van der Waals surface area contributed by atoms with Gasteiger partial charge in [0.05, 0.1) is 97.0 Å². The molecule has 0 bridgehead atoms. The Bertz CT molecular complexity index is 7400. The smallest absolute Gasteiger partial charge is 0.277 e. The highest BCUT2D eigenvalue weighted by atomic mass is 35.5. The zero-order valence-corrected chi connectivity index (χ0v) is 80.5. The largest absolute Gasteiger partial charge is 0.506 e.